The van der Waals surface area contributed by atoms with Crippen LogP contribution in [0.5, 0.6) is 0 Å². The maximum absolute atomic E-state index is 5.55. The van der Waals surface area contributed by atoms with Crippen LogP contribution in [0, 0.1) is 0 Å². The summed E-state index contributed by atoms with van der Waals surface area (Å²) in [6.07, 6.45) is 4.06. The third kappa shape index (κ3) is 3.45. The summed E-state index contributed by atoms with van der Waals surface area (Å²) < 4.78 is 5.54. The molecule has 1 fully saturated rings. The van der Waals surface area contributed by atoms with Crippen molar-refractivity contribution in [2.45, 2.75) is 25.4 Å². The molecule has 2 N–H and O–H groups in total. The van der Waals surface area contributed by atoms with Gasteiger partial charge in [0.25, 0.3) is 0 Å². The van der Waals surface area contributed by atoms with E-state index in [0.717, 1.165) is 12.4 Å². The molecule has 0 aromatic heterocycles. The van der Waals surface area contributed by atoms with Crippen LogP contribution in [0.3, 0.4) is 0 Å². The first-order valence-electron chi connectivity index (χ1n) is 4.29. The van der Waals surface area contributed by atoms with Gasteiger partial charge in [0.2, 0.25) is 0 Å². The van der Waals surface area contributed by atoms with E-state index < -0.39 is 0 Å². The largest absolute Gasteiger partial charge is 0.379 e. The van der Waals surface area contributed by atoms with E-state index in [4.69, 9.17) is 10.5 Å². The molecule has 0 aliphatic carbocycles. The van der Waals surface area contributed by atoms with E-state index in [1.165, 1.54) is 19.3 Å². The van der Waals surface area contributed by atoms with Crippen molar-refractivity contribution in [3.8, 4) is 0 Å². The van der Waals surface area contributed by atoms with E-state index in [2.05, 4.69) is 4.99 Å². The lowest BCUT2D eigenvalue weighted by Crippen LogP contribution is -2.23. The predicted octanol–water partition coefficient (Wildman–Crippen LogP) is 1.23. The van der Waals surface area contributed by atoms with Gasteiger partial charge in [-0.25, -0.2) is 0 Å². The van der Waals surface area contributed by atoms with Crippen LogP contribution in [0.4, 0.5) is 0 Å². The molecule has 1 rings (SSSR count). The highest BCUT2D eigenvalue weighted by molar-refractivity contribution is 8.13. The Balaban J connectivity index is 2.13. The molecule has 0 bridgehead atoms. The molecule has 12 heavy (non-hydrogen) atoms. The fraction of sp³-hybridized carbons (Fsp3) is 0.875. The zero-order valence-electron chi connectivity index (χ0n) is 7.45. The highest BCUT2D eigenvalue weighted by Crippen LogP contribution is 2.16. The average Bonchev–Trinajstić information content (AvgIpc) is 2.16. The highest BCUT2D eigenvalue weighted by Gasteiger charge is 2.13. The van der Waals surface area contributed by atoms with Crippen LogP contribution >= 0.6 is 11.8 Å². The Kier molecular flexibility index (Phi) is 4.46. The average molecular weight is 188 g/mol. The monoisotopic (exact) mass is 188 g/mol. The molecule has 0 radical (unpaired) electrons. The maximum atomic E-state index is 5.55. The number of nitrogens with zero attached hydrogens (tertiary/aromatic N) is 1. The van der Waals surface area contributed by atoms with Crippen LogP contribution in [0.1, 0.15) is 19.3 Å². The number of hydrogen-bond acceptors (Lipinski definition) is 3. The topological polar surface area (TPSA) is 47.6 Å². The second-order valence-corrected chi connectivity index (χ2v) is 3.90. The minimum Gasteiger partial charge on any atom is -0.379 e. The molecule has 1 unspecified atom stereocenters. The third-order valence-corrected chi connectivity index (χ3v) is 2.93. The number of thioether (sulfide) groups is 1. The number of hydrogen-bond donors (Lipinski definition) is 1. The van der Waals surface area contributed by atoms with Crippen molar-refractivity contribution >= 4 is 16.9 Å². The summed E-state index contributed by atoms with van der Waals surface area (Å²) in [4.78, 5) is 3.87. The molecule has 1 saturated heterocycles. The maximum Gasteiger partial charge on any atom is 0.153 e. The Labute approximate surface area is 77.8 Å². The van der Waals surface area contributed by atoms with E-state index in [0.29, 0.717) is 11.3 Å². The molecule has 0 saturated carbocycles. The smallest absolute Gasteiger partial charge is 0.153 e. The van der Waals surface area contributed by atoms with Crippen LogP contribution in [0.15, 0.2) is 4.99 Å². The van der Waals surface area contributed by atoms with Crippen LogP contribution in [-0.4, -0.2) is 30.7 Å². The van der Waals surface area contributed by atoms with Crippen LogP contribution in [0.2, 0.25) is 0 Å². The highest BCUT2D eigenvalue weighted by atomic mass is 32.2. The second-order valence-electron chi connectivity index (χ2n) is 2.86. The van der Waals surface area contributed by atoms with E-state index in [9.17, 15) is 0 Å². The van der Waals surface area contributed by atoms with Gasteiger partial charge in [0.1, 0.15) is 0 Å². The molecule has 1 aliphatic heterocycles. The number of amidine groups is 1. The van der Waals surface area contributed by atoms with Gasteiger partial charge in [-0.3, -0.25) is 4.99 Å². The molecule has 70 valence electrons. The Hall–Kier alpha value is -0.220. The lowest BCUT2D eigenvalue weighted by molar-refractivity contribution is 0.0316. The molecule has 1 aliphatic rings. The first-order chi connectivity index (χ1) is 5.83. The predicted molar refractivity (Wildman–Crippen MR) is 53.6 cm³/mol. The molecule has 3 nitrogen and oxygen atoms in total. The molecule has 0 spiro atoms. The van der Waals surface area contributed by atoms with Crippen molar-refractivity contribution in [2.75, 3.05) is 19.4 Å². The standard InChI is InChI=1S/C8H16N2OS/c1-10-8(9)12-6-7-4-2-3-5-11-7/h7H,2-6H2,1H3,(H2,9,10). The molecule has 0 amide bonds. The van der Waals surface area contributed by atoms with Gasteiger partial charge < -0.3 is 10.5 Å². The number of ether oxygens (including phenoxy) is 1. The molecular weight excluding hydrogens is 172 g/mol. The normalized spacial score (nSPS) is 25.8. The quantitative estimate of drug-likeness (QED) is 0.524. The summed E-state index contributed by atoms with van der Waals surface area (Å²) in [7, 11) is 1.71. The van der Waals surface area contributed by atoms with Crippen LogP contribution in [-0.2, 0) is 4.74 Å². The van der Waals surface area contributed by atoms with Gasteiger partial charge in [-0.15, -0.1) is 0 Å². The molecular formula is C8H16N2OS. The van der Waals surface area contributed by atoms with Gasteiger partial charge in [-0.1, -0.05) is 11.8 Å². The molecule has 1 heterocycles. The van der Waals surface area contributed by atoms with Gasteiger partial charge in [0, 0.05) is 19.4 Å². The first-order valence-corrected chi connectivity index (χ1v) is 5.28. The fourth-order valence-electron chi connectivity index (χ4n) is 1.18. The van der Waals surface area contributed by atoms with Gasteiger partial charge in [-0.2, -0.15) is 0 Å². The summed E-state index contributed by atoms with van der Waals surface area (Å²) in [6.45, 7) is 0.911. The van der Waals surface area contributed by atoms with Crippen molar-refractivity contribution in [1.82, 2.24) is 0 Å². The zero-order chi connectivity index (χ0) is 8.81. The minimum atomic E-state index is 0.393. The van der Waals surface area contributed by atoms with Crippen molar-refractivity contribution in [3.05, 3.63) is 0 Å². The van der Waals surface area contributed by atoms with E-state index in [1.54, 1.807) is 18.8 Å². The Bertz CT molecular complexity index is 155. The lowest BCUT2D eigenvalue weighted by Gasteiger charge is -2.21. The summed E-state index contributed by atoms with van der Waals surface area (Å²) in [5.41, 5.74) is 5.55. The molecule has 4 heteroatoms. The zero-order valence-corrected chi connectivity index (χ0v) is 8.27. The summed E-state index contributed by atoms with van der Waals surface area (Å²) in [6, 6.07) is 0. The van der Waals surface area contributed by atoms with E-state index >= 15 is 0 Å². The number of aliphatic imine (C=N–C) groups is 1. The third-order valence-electron chi connectivity index (χ3n) is 1.91. The molecule has 1 atom stereocenters. The number of rotatable bonds is 2. The van der Waals surface area contributed by atoms with Crippen LogP contribution < -0.4 is 5.73 Å². The minimum absolute atomic E-state index is 0.393. The van der Waals surface area contributed by atoms with Gasteiger partial charge in [0.15, 0.2) is 5.17 Å². The summed E-state index contributed by atoms with van der Waals surface area (Å²) >= 11 is 1.59. The van der Waals surface area contributed by atoms with E-state index in [1.807, 2.05) is 0 Å². The van der Waals surface area contributed by atoms with Gasteiger partial charge in [0.05, 0.1) is 6.10 Å². The van der Waals surface area contributed by atoms with Crippen molar-refractivity contribution in [3.63, 3.8) is 0 Å². The Morgan fingerprint density at radius 3 is 3.08 bits per heavy atom. The van der Waals surface area contributed by atoms with Crippen molar-refractivity contribution in [2.24, 2.45) is 10.7 Å². The Morgan fingerprint density at radius 1 is 1.67 bits per heavy atom. The van der Waals surface area contributed by atoms with Crippen molar-refractivity contribution in [1.29, 1.82) is 0 Å². The lowest BCUT2D eigenvalue weighted by atomic mass is 10.1. The summed E-state index contributed by atoms with van der Waals surface area (Å²) in [5.74, 6) is 0.948. The summed E-state index contributed by atoms with van der Waals surface area (Å²) in [5, 5.41) is 0.657. The van der Waals surface area contributed by atoms with Crippen molar-refractivity contribution < 1.29 is 4.74 Å². The van der Waals surface area contributed by atoms with Crippen LogP contribution in [0.25, 0.3) is 0 Å². The van der Waals surface area contributed by atoms with Gasteiger partial charge >= 0.3 is 0 Å². The fourth-order valence-corrected chi connectivity index (χ4v) is 1.93. The first kappa shape index (κ1) is 9.86. The van der Waals surface area contributed by atoms with E-state index in [-0.39, 0.29) is 0 Å². The van der Waals surface area contributed by atoms with Gasteiger partial charge in [-0.05, 0) is 19.3 Å². The Morgan fingerprint density at radius 2 is 2.50 bits per heavy atom. The molecule has 0 aromatic rings. The number of nitrogens with two attached hydrogens (primary N) is 1. The molecule has 0 aromatic carbocycles. The second kappa shape index (κ2) is 5.43. The SMILES string of the molecule is CN=C(N)SCC1CCCCO1.